The monoisotopic (exact) mass is 288 g/mol. The minimum atomic E-state index is -4.13. The Balaban J connectivity index is 3.09. The van der Waals surface area contributed by atoms with Crippen LogP contribution in [0.5, 0.6) is 0 Å². The van der Waals surface area contributed by atoms with Gasteiger partial charge in [-0.25, -0.2) is 17.2 Å². The maximum Gasteiger partial charge on any atom is 0.236 e. The number of alkyl halides is 2. The average Bonchev–Trinajstić information content (AvgIpc) is 2.16. The van der Waals surface area contributed by atoms with Gasteiger partial charge in [0.05, 0.1) is 0 Å². The van der Waals surface area contributed by atoms with Gasteiger partial charge in [0, 0.05) is 15.7 Å². The van der Waals surface area contributed by atoms with Crippen molar-refractivity contribution in [2.75, 3.05) is 12.4 Å². The molecule has 1 atom stereocenters. The Morgan fingerprint density at radius 3 is 2.12 bits per heavy atom. The summed E-state index contributed by atoms with van der Waals surface area (Å²) in [5, 5.41) is 0.346. The maximum absolute atomic E-state index is 14.0. The quantitative estimate of drug-likeness (QED) is 0.798. The molecule has 1 unspecified atom stereocenters. The zero-order chi connectivity index (χ0) is 12.4. The molecule has 0 fully saturated rings. The number of benzene rings is 1. The third-order valence-corrected chi connectivity index (χ3v) is 3.36. The summed E-state index contributed by atoms with van der Waals surface area (Å²) in [5.74, 6) is -1.11. The van der Waals surface area contributed by atoms with Gasteiger partial charge in [-0.1, -0.05) is 23.7 Å². The van der Waals surface area contributed by atoms with E-state index >= 15 is 0 Å². The molecule has 0 bridgehead atoms. The third kappa shape index (κ3) is 3.57. The van der Waals surface area contributed by atoms with Crippen molar-refractivity contribution in [1.82, 2.24) is 0 Å². The van der Waals surface area contributed by atoms with Crippen LogP contribution in [0.15, 0.2) is 24.3 Å². The smallest absolute Gasteiger partial charge is 0.236 e. The van der Waals surface area contributed by atoms with E-state index in [-0.39, 0.29) is 5.56 Å². The molecule has 16 heavy (non-hydrogen) atoms. The Bertz CT molecular complexity index is 461. The lowest BCUT2D eigenvalue weighted by atomic mass is 9.99. The predicted octanol–water partition coefficient (Wildman–Crippen LogP) is 3.04. The molecule has 0 aliphatic carbocycles. The molecule has 0 amide bonds. The lowest BCUT2D eigenvalue weighted by molar-refractivity contribution is 0.146. The van der Waals surface area contributed by atoms with E-state index in [4.69, 9.17) is 22.3 Å². The first-order chi connectivity index (χ1) is 7.27. The van der Waals surface area contributed by atoms with E-state index in [2.05, 4.69) is 0 Å². The van der Waals surface area contributed by atoms with Crippen LogP contribution in [-0.2, 0) is 14.7 Å². The van der Waals surface area contributed by atoms with Gasteiger partial charge in [0.2, 0.25) is 9.05 Å². The Kier molecular flexibility index (Phi) is 4.15. The summed E-state index contributed by atoms with van der Waals surface area (Å²) in [6.45, 7) is -1.47. The summed E-state index contributed by atoms with van der Waals surface area (Å²) in [7, 11) is 0.789. The molecular formula is C9H8Cl2F2O2S. The molecule has 0 N–H and O–H groups in total. The molecule has 0 heterocycles. The average molecular weight is 289 g/mol. The van der Waals surface area contributed by atoms with E-state index in [1.54, 1.807) is 0 Å². The lowest BCUT2D eigenvalue weighted by Gasteiger charge is -2.20. The van der Waals surface area contributed by atoms with Gasteiger partial charge in [-0.3, -0.25) is 0 Å². The second-order valence-electron chi connectivity index (χ2n) is 3.29. The molecular weight excluding hydrogens is 281 g/mol. The molecule has 0 aliphatic heterocycles. The van der Waals surface area contributed by atoms with Gasteiger partial charge in [0.15, 0.2) is 5.67 Å². The molecule has 0 aromatic heterocycles. The van der Waals surface area contributed by atoms with Crippen LogP contribution in [0.3, 0.4) is 0 Å². The van der Waals surface area contributed by atoms with Gasteiger partial charge in [0.1, 0.15) is 12.4 Å². The van der Waals surface area contributed by atoms with Crippen molar-refractivity contribution in [3.63, 3.8) is 0 Å². The van der Waals surface area contributed by atoms with Crippen LogP contribution in [0.2, 0.25) is 5.02 Å². The second-order valence-corrected chi connectivity index (χ2v) is 6.50. The summed E-state index contributed by atoms with van der Waals surface area (Å²) in [6.07, 6.45) is 0. The normalized spacial score (nSPS) is 15.8. The summed E-state index contributed by atoms with van der Waals surface area (Å²) in [5.41, 5.74) is -2.74. The number of rotatable bonds is 4. The third-order valence-electron chi connectivity index (χ3n) is 1.97. The minimum absolute atomic E-state index is 0.108. The summed E-state index contributed by atoms with van der Waals surface area (Å²) in [4.78, 5) is 0. The van der Waals surface area contributed by atoms with E-state index in [0.29, 0.717) is 5.02 Å². The first kappa shape index (κ1) is 13.7. The molecule has 90 valence electrons. The van der Waals surface area contributed by atoms with E-state index in [0.717, 1.165) is 0 Å². The van der Waals surface area contributed by atoms with E-state index < -0.39 is 27.1 Å². The van der Waals surface area contributed by atoms with Crippen LogP contribution in [0.1, 0.15) is 5.56 Å². The molecule has 1 rings (SSSR count). The summed E-state index contributed by atoms with van der Waals surface area (Å²) >= 11 is 5.58. The van der Waals surface area contributed by atoms with Gasteiger partial charge < -0.3 is 0 Å². The molecule has 0 spiro atoms. The van der Waals surface area contributed by atoms with Gasteiger partial charge in [-0.15, -0.1) is 0 Å². The van der Waals surface area contributed by atoms with E-state index in [1.807, 2.05) is 0 Å². The fourth-order valence-electron chi connectivity index (χ4n) is 1.22. The van der Waals surface area contributed by atoms with E-state index in [1.165, 1.54) is 24.3 Å². The van der Waals surface area contributed by atoms with Crippen molar-refractivity contribution in [1.29, 1.82) is 0 Å². The minimum Gasteiger partial charge on any atom is -0.247 e. The molecule has 1 aromatic carbocycles. The highest BCUT2D eigenvalue weighted by Gasteiger charge is 2.37. The van der Waals surface area contributed by atoms with Crippen LogP contribution >= 0.6 is 22.3 Å². The molecule has 0 saturated heterocycles. The van der Waals surface area contributed by atoms with Gasteiger partial charge in [-0.2, -0.15) is 0 Å². The first-order valence-corrected chi connectivity index (χ1v) is 7.06. The van der Waals surface area contributed by atoms with Crippen LogP contribution in [-0.4, -0.2) is 20.8 Å². The van der Waals surface area contributed by atoms with Gasteiger partial charge in [0.25, 0.3) is 0 Å². The SMILES string of the molecule is O=S(=O)(Cl)CC(F)(CF)c1ccc(Cl)cc1. The highest BCUT2D eigenvalue weighted by Crippen LogP contribution is 2.30. The molecule has 2 nitrogen and oxygen atoms in total. The Morgan fingerprint density at radius 2 is 1.75 bits per heavy atom. The highest BCUT2D eigenvalue weighted by atomic mass is 35.7. The molecule has 0 aliphatic rings. The zero-order valence-corrected chi connectivity index (χ0v) is 10.3. The number of hydrogen-bond donors (Lipinski definition) is 0. The zero-order valence-electron chi connectivity index (χ0n) is 7.96. The van der Waals surface area contributed by atoms with Crippen molar-refractivity contribution in [3.8, 4) is 0 Å². The standard InChI is InChI=1S/C9H8Cl2F2O2S/c10-8-3-1-7(2-4-8)9(13,5-12)6-16(11,14)15/h1-4H,5-6H2. The summed E-state index contributed by atoms with van der Waals surface area (Å²) in [6, 6.07) is 5.15. The van der Waals surface area contributed by atoms with Crippen molar-refractivity contribution in [3.05, 3.63) is 34.9 Å². The Hall–Kier alpha value is -0.390. The van der Waals surface area contributed by atoms with Crippen LogP contribution in [0.25, 0.3) is 0 Å². The van der Waals surface area contributed by atoms with Gasteiger partial charge in [-0.05, 0) is 17.7 Å². The maximum atomic E-state index is 14.0. The predicted molar refractivity (Wildman–Crippen MR) is 59.9 cm³/mol. The Labute approximate surface area is 102 Å². The van der Waals surface area contributed by atoms with Crippen LogP contribution < -0.4 is 0 Å². The van der Waals surface area contributed by atoms with Crippen molar-refractivity contribution in [2.24, 2.45) is 0 Å². The molecule has 0 saturated carbocycles. The van der Waals surface area contributed by atoms with Crippen LogP contribution in [0.4, 0.5) is 8.78 Å². The Morgan fingerprint density at radius 1 is 1.25 bits per heavy atom. The number of hydrogen-bond acceptors (Lipinski definition) is 2. The largest absolute Gasteiger partial charge is 0.247 e. The van der Waals surface area contributed by atoms with Crippen LogP contribution in [0, 0.1) is 0 Å². The fraction of sp³-hybridized carbons (Fsp3) is 0.333. The van der Waals surface area contributed by atoms with E-state index in [9.17, 15) is 17.2 Å². The van der Waals surface area contributed by atoms with Crippen molar-refractivity contribution >= 4 is 31.3 Å². The molecule has 1 aromatic rings. The van der Waals surface area contributed by atoms with Crippen molar-refractivity contribution < 1.29 is 17.2 Å². The summed E-state index contributed by atoms with van der Waals surface area (Å²) < 4.78 is 48.2. The fourth-order valence-corrected chi connectivity index (χ4v) is 2.66. The molecule has 7 heteroatoms. The number of halogens is 4. The highest BCUT2D eigenvalue weighted by molar-refractivity contribution is 8.13. The van der Waals surface area contributed by atoms with Crippen molar-refractivity contribution in [2.45, 2.75) is 5.67 Å². The first-order valence-electron chi connectivity index (χ1n) is 4.20. The lowest BCUT2D eigenvalue weighted by Crippen LogP contribution is -2.30. The second kappa shape index (κ2) is 4.85. The molecule has 0 radical (unpaired) electrons. The topological polar surface area (TPSA) is 34.1 Å². The van der Waals surface area contributed by atoms with Gasteiger partial charge >= 0.3 is 0 Å².